The fourth-order valence-corrected chi connectivity index (χ4v) is 1.82. The molecule has 2 nitrogen and oxygen atoms in total. The second kappa shape index (κ2) is 6.13. The van der Waals surface area contributed by atoms with Gasteiger partial charge in [-0.25, -0.2) is 0 Å². The Morgan fingerprint density at radius 2 is 2.20 bits per heavy atom. The monoisotopic (exact) mass is 270 g/mol. The summed E-state index contributed by atoms with van der Waals surface area (Å²) in [4.78, 5) is 0. The van der Waals surface area contributed by atoms with Crippen molar-refractivity contribution in [1.82, 2.24) is 0 Å². The molecule has 1 unspecified atom stereocenters. The molecule has 0 heterocycles. The predicted octanol–water partition coefficient (Wildman–Crippen LogP) is 3.15. The van der Waals surface area contributed by atoms with Gasteiger partial charge in [0.25, 0.3) is 0 Å². The number of hydrogen-bond acceptors (Lipinski definition) is 2. The van der Waals surface area contributed by atoms with Gasteiger partial charge in [-0.15, -0.1) is 0 Å². The number of hydrogen-bond donors (Lipinski definition) is 2. The molecule has 0 saturated carbocycles. The Hall–Kier alpha value is -0.540. The van der Waals surface area contributed by atoms with Crippen molar-refractivity contribution in [3.8, 4) is 0 Å². The predicted molar refractivity (Wildman–Crippen MR) is 70.2 cm³/mol. The fraction of sp³-hybridized carbons (Fsp3) is 0.500. The fourth-order valence-electron chi connectivity index (χ4n) is 1.46. The van der Waals surface area contributed by atoms with Crippen LogP contribution in [0.15, 0.2) is 22.7 Å². The minimum absolute atomic E-state index is 0.619. The SMILES string of the molecule is Cc1ccc(Br)cc1NCC(C)CCN. The van der Waals surface area contributed by atoms with Crippen molar-refractivity contribution < 1.29 is 0 Å². The molecule has 0 spiro atoms. The van der Waals surface area contributed by atoms with Crippen LogP contribution in [-0.4, -0.2) is 13.1 Å². The molecule has 1 aromatic carbocycles. The van der Waals surface area contributed by atoms with Crippen LogP contribution in [0, 0.1) is 12.8 Å². The van der Waals surface area contributed by atoms with Gasteiger partial charge in [0.2, 0.25) is 0 Å². The lowest BCUT2D eigenvalue weighted by Gasteiger charge is -2.14. The van der Waals surface area contributed by atoms with E-state index in [1.54, 1.807) is 0 Å². The topological polar surface area (TPSA) is 38.0 Å². The third kappa shape index (κ3) is 4.22. The van der Waals surface area contributed by atoms with E-state index in [4.69, 9.17) is 5.73 Å². The van der Waals surface area contributed by atoms with Crippen LogP contribution in [0.2, 0.25) is 0 Å². The van der Waals surface area contributed by atoms with Crippen LogP contribution in [0.3, 0.4) is 0 Å². The quantitative estimate of drug-likeness (QED) is 0.863. The van der Waals surface area contributed by atoms with Gasteiger partial charge in [-0.2, -0.15) is 0 Å². The van der Waals surface area contributed by atoms with Crippen LogP contribution in [0.25, 0.3) is 0 Å². The highest BCUT2D eigenvalue weighted by Crippen LogP contribution is 2.20. The van der Waals surface area contributed by atoms with E-state index in [-0.39, 0.29) is 0 Å². The van der Waals surface area contributed by atoms with Crippen molar-refractivity contribution in [3.63, 3.8) is 0 Å². The third-order valence-corrected chi connectivity index (χ3v) is 2.99. The largest absolute Gasteiger partial charge is 0.385 e. The Kier molecular flexibility index (Phi) is 5.12. The normalized spacial score (nSPS) is 12.5. The highest BCUT2D eigenvalue weighted by Gasteiger charge is 2.02. The Balaban J connectivity index is 2.53. The molecule has 0 aromatic heterocycles. The molecule has 1 aromatic rings. The minimum atomic E-state index is 0.619. The number of aryl methyl sites for hydroxylation is 1. The van der Waals surface area contributed by atoms with Crippen molar-refractivity contribution in [2.45, 2.75) is 20.3 Å². The van der Waals surface area contributed by atoms with E-state index in [2.05, 4.69) is 53.3 Å². The van der Waals surface area contributed by atoms with E-state index < -0.39 is 0 Å². The van der Waals surface area contributed by atoms with E-state index >= 15 is 0 Å². The molecular weight excluding hydrogens is 252 g/mol. The zero-order valence-electron chi connectivity index (χ0n) is 9.39. The summed E-state index contributed by atoms with van der Waals surface area (Å²) in [7, 11) is 0. The van der Waals surface area contributed by atoms with Crippen molar-refractivity contribution >= 4 is 21.6 Å². The van der Waals surface area contributed by atoms with Gasteiger partial charge in [0.1, 0.15) is 0 Å². The summed E-state index contributed by atoms with van der Waals surface area (Å²) in [6.45, 7) is 6.07. The van der Waals surface area contributed by atoms with Gasteiger partial charge >= 0.3 is 0 Å². The van der Waals surface area contributed by atoms with Crippen LogP contribution in [0.4, 0.5) is 5.69 Å². The van der Waals surface area contributed by atoms with Crippen molar-refractivity contribution in [2.24, 2.45) is 11.7 Å². The molecule has 0 aliphatic heterocycles. The van der Waals surface area contributed by atoms with Gasteiger partial charge in [0, 0.05) is 16.7 Å². The van der Waals surface area contributed by atoms with Crippen LogP contribution < -0.4 is 11.1 Å². The van der Waals surface area contributed by atoms with E-state index in [1.165, 1.54) is 11.3 Å². The minimum Gasteiger partial charge on any atom is -0.385 e. The number of nitrogens with one attached hydrogen (secondary N) is 1. The molecule has 3 N–H and O–H groups in total. The molecule has 0 fully saturated rings. The Labute approximate surface area is 100 Å². The maximum atomic E-state index is 5.52. The lowest BCUT2D eigenvalue weighted by molar-refractivity contribution is 0.568. The molecule has 15 heavy (non-hydrogen) atoms. The summed E-state index contributed by atoms with van der Waals surface area (Å²) in [5, 5.41) is 3.45. The second-order valence-corrected chi connectivity index (χ2v) is 4.94. The van der Waals surface area contributed by atoms with Gasteiger partial charge in [-0.05, 0) is 43.5 Å². The summed E-state index contributed by atoms with van der Waals surface area (Å²) in [6, 6.07) is 6.29. The molecule has 3 heteroatoms. The van der Waals surface area contributed by atoms with E-state index in [0.29, 0.717) is 5.92 Å². The van der Waals surface area contributed by atoms with Crippen LogP contribution >= 0.6 is 15.9 Å². The second-order valence-electron chi connectivity index (χ2n) is 4.02. The van der Waals surface area contributed by atoms with Crippen LogP contribution in [-0.2, 0) is 0 Å². The lowest BCUT2D eigenvalue weighted by atomic mass is 10.1. The van der Waals surface area contributed by atoms with Crippen LogP contribution in [0.1, 0.15) is 18.9 Å². The molecule has 0 saturated heterocycles. The smallest absolute Gasteiger partial charge is 0.0381 e. The maximum absolute atomic E-state index is 5.52. The van der Waals surface area contributed by atoms with Gasteiger partial charge in [0.15, 0.2) is 0 Å². The zero-order chi connectivity index (χ0) is 11.3. The first-order valence-electron chi connectivity index (χ1n) is 5.33. The molecule has 0 aliphatic rings. The van der Waals surface area contributed by atoms with E-state index in [0.717, 1.165) is 24.0 Å². The first-order chi connectivity index (χ1) is 7.13. The average Bonchev–Trinajstić information content (AvgIpc) is 2.20. The molecular formula is C12H19BrN2. The van der Waals surface area contributed by atoms with Crippen LogP contribution in [0.5, 0.6) is 0 Å². The number of benzene rings is 1. The van der Waals surface area contributed by atoms with Crippen molar-refractivity contribution in [3.05, 3.63) is 28.2 Å². The van der Waals surface area contributed by atoms with Gasteiger partial charge in [-0.3, -0.25) is 0 Å². The first kappa shape index (κ1) is 12.5. The van der Waals surface area contributed by atoms with E-state index in [9.17, 15) is 0 Å². The third-order valence-electron chi connectivity index (χ3n) is 2.50. The standard InChI is InChI=1S/C12H19BrN2/c1-9(5-6-14)8-15-12-7-11(13)4-3-10(12)2/h3-4,7,9,15H,5-6,8,14H2,1-2H3. The Morgan fingerprint density at radius 3 is 2.87 bits per heavy atom. The molecule has 84 valence electrons. The number of nitrogens with two attached hydrogens (primary N) is 1. The molecule has 0 bridgehead atoms. The first-order valence-corrected chi connectivity index (χ1v) is 6.13. The van der Waals surface area contributed by atoms with Gasteiger partial charge in [-0.1, -0.05) is 28.9 Å². The Morgan fingerprint density at radius 1 is 1.47 bits per heavy atom. The number of anilines is 1. The van der Waals surface area contributed by atoms with Gasteiger partial charge < -0.3 is 11.1 Å². The number of halogens is 1. The Bertz CT molecular complexity index is 312. The molecule has 0 radical (unpaired) electrons. The van der Waals surface area contributed by atoms with Gasteiger partial charge in [0.05, 0.1) is 0 Å². The highest BCUT2D eigenvalue weighted by molar-refractivity contribution is 9.10. The maximum Gasteiger partial charge on any atom is 0.0381 e. The van der Waals surface area contributed by atoms with E-state index in [1.807, 2.05) is 0 Å². The molecule has 1 rings (SSSR count). The lowest BCUT2D eigenvalue weighted by Crippen LogP contribution is -2.15. The van der Waals surface area contributed by atoms with Crippen molar-refractivity contribution in [1.29, 1.82) is 0 Å². The summed E-state index contributed by atoms with van der Waals surface area (Å²) in [5.74, 6) is 0.619. The summed E-state index contributed by atoms with van der Waals surface area (Å²) >= 11 is 3.47. The zero-order valence-corrected chi connectivity index (χ0v) is 11.0. The summed E-state index contributed by atoms with van der Waals surface area (Å²) in [6.07, 6.45) is 1.07. The highest BCUT2D eigenvalue weighted by atomic mass is 79.9. The number of rotatable bonds is 5. The molecule has 0 amide bonds. The molecule has 1 atom stereocenters. The summed E-state index contributed by atoms with van der Waals surface area (Å²) < 4.78 is 1.11. The summed E-state index contributed by atoms with van der Waals surface area (Å²) in [5.41, 5.74) is 8.00. The average molecular weight is 271 g/mol. The molecule has 0 aliphatic carbocycles. The van der Waals surface area contributed by atoms with Crippen molar-refractivity contribution in [2.75, 3.05) is 18.4 Å².